The third-order valence-corrected chi connectivity index (χ3v) is 4.68. The summed E-state index contributed by atoms with van der Waals surface area (Å²) in [5.74, 6) is 0. The molecule has 24 heavy (non-hydrogen) atoms. The van der Waals surface area contributed by atoms with Crippen LogP contribution in [0.3, 0.4) is 0 Å². The van der Waals surface area contributed by atoms with E-state index in [2.05, 4.69) is 4.99 Å². The van der Waals surface area contributed by atoms with Gasteiger partial charge in [-0.05, 0) is 42.0 Å². The van der Waals surface area contributed by atoms with Crippen LogP contribution in [0.2, 0.25) is 10.0 Å². The molecule has 0 aliphatic heterocycles. The SMILES string of the molecule is Br.OCCn1c(-c2ccc(Cl)cc2)csc1=Nc1ccc(Cl)cc1. The number of hydrogen-bond donors (Lipinski definition) is 1. The first-order chi connectivity index (χ1) is 11.2. The quantitative estimate of drug-likeness (QED) is 0.579. The van der Waals surface area contributed by atoms with Crippen LogP contribution in [0.1, 0.15) is 0 Å². The molecule has 0 unspecified atom stereocenters. The lowest BCUT2D eigenvalue weighted by Crippen LogP contribution is -2.17. The summed E-state index contributed by atoms with van der Waals surface area (Å²) in [7, 11) is 0. The maximum absolute atomic E-state index is 9.38. The molecule has 1 heterocycles. The van der Waals surface area contributed by atoms with Crippen molar-refractivity contribution in [2.45, 2.75) is 6.54 Å². The molecule has 0 saturated heterocycles. The normalized spacial score (nSPS) is 11.4. The summed E-state index contributed by atoms with van der Waals surface area (Å²) in [4.78, 5) is 5.48. The molecular weight excluding hydrogens is 431 g/mol. The van der Waals surface area contributed by atoms with Crippen LogP contribution in [0.25, 0.3) is 11.3 Å². The average molecular weight is 446 g/mol. The highest BCUT2D eigenvalue weighted by molar-refractivity contribution is 8.93. The Morgan fingerprint density at radius 2 is 1.54 bits per heavy atom. The smallest absolute Gasteiger partial charge is 0.190 e. The highest BCUT2D eigenvalue weighted by Crippen LogP contribution is 2.23. The highest BCUT2D eigenvalue weighted by Gasteiger charge is 2.08. The first kappa shape index (κ1) is 19.2. The van der Waals surface area contributed by atoms with Crippen molar-refractivity contribution in [1.29, 1.82) is 0 Å². The molecule has 0 bridgehead atoms. The van der Waals surface area contributed by atoms with Crippen molar-refractivity contribution in [3.05, 3.63) is 68.8 Å². The molecule has 0 amide bonds. The maximum atomic E-state index is 9.38. The van der Waals surface area contributed by atoms with Crippen LogP contribution in [0.15, 0.2) is 58.9 Å². The predicted octanol–water partition coefficient (Wildman–Crippen LogP) is 5.33. The fourth-order valence-electron chi connectivity index (χ4n) is 2.21. The van der Waals surface area contributed by atoms with E-state index in [9.17, 15) is 5.11 Å². The van der Waals surface area contributed by atoms with E-state index in [0.29, 0.717) is 16.6 Å². The van der Waals surface area contributed by atoms with Crippen molar-refractivity contribution in [2.24, 2.45) is 4.99 Å². The van der Waals surface area contributed by atoms with Crippen molar-refractivity contribution in [1.82, 2.24) is 4.57 Å². The lowest BCUT2D eigenvalue weighted by molar-refractivity contribution is 0.275. The molecule has 3 aromatic rings. The van der Waals surface area contributed by atoms with Crippen LogP contribution in [0.5, 0.6) is 0 Å². The van der Waals surface area contributed by atoms with Crippen molar-refractivity contribution in [3.63, 3.8) is 0 Å². The molecular formula is C17H15BrCl2N2OS. The van der Waals surface area contributed by atoms with Crippen molar-refractivity contribution in [2.75, 3.05) is 6.61 Å². The fraction of sp³-hybridized carbons (Fsp3) is 0.118. The van der Waals surface area contributed by atoms with Crippen molar-refractivity contribution >= 4 is 57.2 Å². The van der Waals surface area contributed by atoms with Crippen LogP contribution in [0.4, 0.5) is 5.69 Å². The van der Waals surface area contributed by atoms with Gasteiger partial charge in [0.2, 0.25) is 0 Å². The Morgan fingerprint density at radius 1 is 0.958 bits per heavy atom. The fourth-order valence-corrected chi connectivity index (χ4v) is 3.42. The summed E-state index contributed by atoms with van der Waals surface area (Å²) in [5, 5.41) is 12.8. The molecule has 0 aliphatic carbocycles. The molecule has 3 rings (SSSR count). The minimum Gasteiger partial charge on any atom is -0.395 e. The monoisotopic (exact) mass is 444 g/mol. The van der Waals surface area contributed by atoms with Gasteiger partial charge in [0, 0.05) is 22.0 Å². The molecule has 3 nitrogen and oxygen atoms in total. The molecule has 0 fully saturated rings. The molecule has 126 valence electrons. The molecule has 0 radical (unpaired) electrons. The average Bonchev–Trinajstić information content (AvgIpc) is 2.94. The van der Waals surface area contributed by atoms with Gasteiger partial charge in [-0.2, -0.15) is 0 Å². The van der Waals surface area contributed by atoms with E-state index in [4.69, 9.17) is 23.2 Å². The minimum atomic E-state index is 0. The zero-order valence-corrected chi connectivity index (χ0v) is 16.6. The standard InChI is InChI=1S/C17H14Cl2N2OS.BrH/c18-13-3-1-12(2-4-13)16-11-23-17(21(16)9-10-22)20-15-7-5-14(19)6-8-15;/h1-8,11,22H,9-10H2;1H. The Balaban J connectivity index is 0.00000208. The molecule has 2 aromatic carbocycles. The predicted molar refractivity (Wildman–Crippen MR) is 107 cm³/mol. The number of aliphatic hydroxyl groups is 1. The lowest BCUT2D eigenvalue weighted by Gasteiger charge is -2.07. The van der Waals surface area contributed by atoms with Crippen molar-refractivity contribution in [3.8, 4) is 11.3 Å². The Bertz CT molecular complexity index is 858. The lowest BCUT2D eigenvalue weighted by atomic mass is 10.2. The number of nitrogens with zero attached hydrogens (tertiary/aromatic N) is 2. The Hall–Kier alpha value is -1.11. The number of hydrogen-bond acceptors (Lipinski definition) is 3. The topological polar surface area (TPSA) is 37.5 Å². The van der Waals surface area contributed by atoms with E-state index in [-0.39, 0.29) is 23.6 Å². The number of halogens is 3. The largest absolute Gasteiger partial charge is 0.395 e. The van der Waals surface area contributed by atoms with Gasteiger partial charge in [0.05, 0.1) is 18.0 Å². The number of thiazole rings is 1. The van der Waals surface area contributed by atoms with E-state index in [0.717, 1.165) is 21.7 Å². The molecule has 0 aliphatic rings. The van der Waals surface area contributed by atoms with Crippen molar-refractivity contribution < 1.29 is 5.11 Å². The van der Waals surface area contributed by atoms with Crippen LogP contribution in [-0.4, -0.2) is 16.3 Å². The molecule has 1 N–H and O–H groups in total. The second kappa shape index (κ2) is 8.83. The second-order valence-electron chi connectivity index (χ2n) is 4.87. The third-order valence-electron chi connectivity index (χ3n) is 3.31. The van der Waals surface area contributed by atoms with E-state index >= 15 is 0 Å². The van der Waals surface area contributed by atoms with Gasteiger partial charge in [0.15, 0.2) is 4.80 Å². The maximum Gasteiger partial charge on any atom is 0.190 e. The number of rotatable bonds is 4. The summed E-state index contributed by atoms with van der Waals surface area (Å²) in [6, 6.07) is 15.0. The van der Waals surface area contributed by atoms with Crippen LogP contribution < -0.4 is 4.80 Å². The number of aromatic nitrogens is 1. The molecule has 7 heteroatoms. The van der Waals surface area contributed by atoms with E-state index in [1.807, 2.05) is 58.5 Å². The van der Waals surface area contributed by atoms with E-state index in [1.165, 1.54) is 11.3 Å². The summed E-state index contributed by atoms with van der Waals surface area (Å²) >= 11 is 13.4. The van der Waals surface area contributed by atoms with Gasteiger partial charge < -0.3 is 9.67 Å². The van der Waals surface area contributed by atoms with Gasteiger partial charge in [-0.1, -0.05) is 35.3 Å². The number of aliphatic hydroxyl groups excluding tert-OH is 1. The number of benzene rings is 2. The van der Waals surface area contributed by atoms with Gasteiger partial charge in [0.25, 0.3) is 0 Å². The van der Waals surface area contributed by atoms with Gasteiger partial charge in [0.1, 0.15) is 0 Å². The minimum absolute atomic E-state index is 0. The van der Waals surface area contributed by atoms with Crippen LogP contribution >= 0.6 is 51.5 Å². The molecule has 1 aromatic heterocycles. The van der Waals surface area contributed by atoms with Gasteiger partial charge in [-0.15, -0.1) is 28.3 Å². The summed E-state index contributed by atoms with van der Waals surface area (Å²) in [5.41, 5.74) is 2.87. The first-order valence-electron chi connectivity index (χ1n) is 7.03. The van der Waals surface area contributed by atoms with E-state index < -0.39 is 0 Å². The highest BCUT2D eigenvalue weighted by atomic mass is 79.9. The Morgan fingerprint density at radius 3 is 2.12 bits per heavy atom. The second-order valence-corrected chi connectivity index (χ2v) is 6.58. The van der Waals surface area contributed by atoms with Gasteiger partial charge in [-0.3, -0.25) is 0 Å². The van der Waals surface area contributed by atoms with E-state index in [1.54, 1.807) is 0 Å². The zero-order chi connectivity index (χ0) is 16.2. The molecule has 0 atom stereocenters. The molecule has 0 saturated carbocycles. The molecule has 0 spiro atoms. The third kappa shape index (κ3) is 4.49. The summed E-state index contributed by atoms with van der Waals surface area (Å²) in [6.45, 7) is 0.527. The summed E-state index contributed by atoms with van der Waals surface area (Å²) < 4.78 is 2.00. The van der Waals surface area contributed by atoms with Gasteiger partial charge >= 0.3 is 0 Å². The summed E-state index contributed by atoms with van der Waals surface area (Å²) in [6.07, 6.45) is 0. The van der Waals surface area contributed by atoms with Crippen LogP contribution in [0, 0.1) is 0 Å². The zero-order valence-electron chi connectivity index (χ0n) is 12.5. The Kier molecular flexibility index (Phi) is 7.07. The van der Waals surface area contributed by atoms with Gasteiger partial charge in [-0.25, -0.2) is 4.99 Å². The first-order valence-corrected chi connectivity index (χ1v) is 8.66. The Labute approximate surface area is 164 Å². The van der Waals surface area contributed by atoms with Crippen LogP contribution in [-0.2, 0) is 6.54 Å².